The number of alkyl halides is 3. The molecule has 0 atom stereocenters. The predicted octanol–water partition coefficient (Wildman–Crippen LogP) is 3.97. The van der Waals surface area contributed by atoms with Crippen LogP contribution in [0.5, 0.6) is 5.75 Å². The summed E-state index contributed by atoms with van der Waals surface area (Å²) in [5.74, 6) is -0.0228. The zero-order valence-electron chi connectivity index (χ0n) is 11.6. The first-order valence-electron chi connectivity index (χ1n) is 6.55. The van der Waals surface area contributed by atoms with Gasteiger partial charge < -0.3 is 9.74 Å². The van der Waals surface area contributed by atoms with Gasteiger partial charge in [-0.05, 0) is 24.6 Å². The van der Waals surface area contributed by atoms with Gasteiger partial charge in [-0.25, -0.2) is 4.79 Å². The molecule has 0 saturated carbocycles. The third kappa shape index (κ3) is 3.65. The molecule has 0 aromatic heterocycles. The molecule has 2 amide bonds. The molecule has 1 aliphatic rings. The van der Waals surface area contributed by atoms with E-state index in [1.807, 2.05) is 0 Å². The molecule has 22 heavy (non-hydrogen) atoms. The molecular weight excluding hydrogens is 321 g/mol. The van der Waals surface area contributed by atoms with Gasteiger partial charge in [-0.2, -0.15) is 18.2 Å². The first kappa shape index (κ1) is 16.5. The third-order valence-corrected chi connectivity index (χ3v) is 3.40. The molecule has 0 radical (unpaired) electrons. The minimum Gasteiger partial charge on any atom is -0.373 e. The Morgan fingerprint density at radius 3 is 2.59 bits per heavy atom. The molecule has 1 aromatic rings. The van der Waals surface area contributed by atoms with Crippen molar-refractivity contribution in [2.75, 3.05) is 19.6 Å². The Bertz CT molecular complexity index is 574. The predicted molar refractivity (Wildman–Crippen MR) is 75.6 cm³/mol. The van der Waals surface area contributed by atoms with E-state index in [2.05, 4.69) is 6.58 Å². The summed E-state index contributed by atoms with van der Waals surface area (Å²) in [6.45, 7) is 4.86. The van der Waals surface area contributed by atoms with Crippen molar-refractivity contribution < 1.29 is 22.8 Å². The van der Waals surface area contributed by atoms with E-state index in [0.717, 1.165) is 29.7 Å². The van der Waals surface area contributed by atoms with E-state index in [1.54, 1.807) is 4.90 Å². The van der Waals surface area contributed by atoms with Crippen molar-refractivity contribution >= 4 is 17.6 Å². The maximum atomic E-state index is 12.6. The van der Waals surface area contributed by atoms with Crippen LogP contribution in [0.3, 0.4) is 0 Å². The molecule has 0 aliphatic carbocycles. The van der Waals surface area contributed by atoms with Gasteiger partial charge in [0, 0.05) is 13.1 Å². The molecule has 1 aromatic carbocycles. The number of urea groups is 1. The average Bonchev–Trinajstić information content (AvgIpc) is 2.37. The van der Waals surface area contributed by atoms with Crippen molar-refractivity contribution in [1.82, 2.24) is 9.96 Å². The van der Waals surface area contributed by atoms with Crippen LogP contribution in [-0.4, -0.2) is 35.6 Å². The monoisotopic (exact) mass is 334 g/mol. The molecule has 120 valence electrons. The molecule has 4 nitrogen and oxygen atoms in total. The first-order valence-corrected chi connectivity index (χ1v) is 6.93. The largest absolute Gasteiger partial charge is 0.416 e. The lowest BCUT2D eigenvalue weighted by Gasteiger charge is -2.35. The fourth-order valence-electron chi connectivity index (χ4n) is 1.81. The lowest BCUT2D eigenvalue weighted by molar-refractivity contribution is -0.137. The number of benzene rings is 1. The van der Waals surface area contributed by atoms with Crippen LogP contribution in [0.1, 0.15) is 12.0 Å². The number of carbonyl (C=O) groups excluding carboxylic acids is 1. The van der Waals surface area contributed by atoms with Gasteiger partial charge in [-0.1, -0.05) is 17.7 Å². The summed E-state index contributed by atoms with van der Waals surface area (Å²) in [5.41, 5.74) is -0.880. The van der Waals surface area contributed by atoms with Gasteiger partial charge in [0.2, 0.25) is 0 Å². The SMILES string of the molecule is C=CCN(Oc1ccc(C(F)(F)F)cc1Cl)C(=O)N1CCC1. The van der Waals surface area contributed by atoms with Gasteiger partial charge in [0.15, 0.2) is 5.75 Å². The van der Waals surface area contributed by atoms with E-state index >= 15 is 0 Å². The summed E-state index contributed by atoms with van der Waals surface area (Å²) < 4.78 is 37.8. The lowest BCUT2D eigenvalue weighted by atomic mass is 10.2. The van der Waals surface area contributed by atoms with Crippen LogP contribution in [0.25, 0.3) is 0 Å². The second-order valence-electron chi connectivity index (χ2n) is 4.71. The minimum absolute atomic E-state index is 0.0228. The lowest BCUT2D eigenvalue weighted by Crippen LogP contribution is -2.50. The van der Waals surface area contributed by atoms with Crippen LogP contribution in [0.15, 0.2) is 30.9 Å². The number of hydrogen-bond acceptors (Lipinski definition) is 2. The van der Waals surface area contributed by atoms with Crippen molar-refractivity contribution in [3.05, 3.63) is 41.4 Å². The molecule has 8 heteroatoms. The molecule has 1 fully saturated rings. The molecule has 0 bridgehead atoms. The van der Waals surface area contributed by atoms with Crippen molar-refractivity contribution in [2.45, 2.75) is 12.6 Å². The molecule has 1 saturated heterocycles. The normalized spacial score (nSPS) is 14.3. The van der Waals surface area contributed by atoms with E-state index in [9.17, 15) is 18.0 Å². The Kier molecular flexibility index (Phi) is 4.85. The number of nitrogens with zero attached hydrogens (tertiary/aromatic N) is 2. The summed E-state index contributed by atoms with van der Waals surface area (Å²) in [5, 5.41) is 0.793. The molecule has 0 N–H and O–H groups in total. The van der Waals surface area contributed by atoms with E-state index in [1.165, 1.54) is 6.08 Å². The van der Waals surface area contributed by atoms with E-state index in [0.29, 0.717) is 13.1 Å². The standard InChI is InChI=1S/C14H14ClF3N2O2/c1-2-6-20(13(21)19-7-3-8-19)22-12-5-4-10(9-11(12)15)14(16,17)18/h2,4-5,9H,1,3,6-8H2. The van der Waals surface area contributed by atoms with Gasteiger partial charge in [-0.15, -0.1) is 6.58 Å². The van der Waals surface area contributed by atoms with E-state index < -0.39 is 11.7 Å². The van der Waals surface area contributed by atoms with Gasteiger partial charge in [0.05, 0.1) is 17.1 Å². The highest BCUT2D eigenvalue weighted by atomic mass is 35.5. The second-order valence-corrected chi connectivity index (χ2v) is 5.11. The van der Waals surface area contributed by atoms with Gasteiger partial charge in [0.1, 0.15) is 0 Å². The number of halogens is 4. The number of hydroxylamine groups is 2. The number of rotatable bonds is 4. The van der Waals surface area contributed by atoms with Gasteiger partial charge in [-0.3, -0.25) is 0 Å². The Morgan fingerprint density at radius 1 is 1.45 bits per heavy atom. The highest BCUT2D eigenvalue weighted by molar-refractivity contribution is 6.32. The molecule has 2 rings (SSSR count). The molecule has 0 spiro atoms. The second kappa shape index (κ2) is 6.48. The van der Waals surface area contributed by atoms with Crippen molar-refractivity contribution in [1.29, 1.82) is 0 Å². The van der Waals surface area contributed by atoms with E-state index in [-0.39, 0.29) is 23.3 Å². The maximum absolute atomic E-state index is 12.6. The summed E-state index contributed by atoms with van der Waals surface area (Å²) >= 11 is 5.81. The first-order chi connectivity index (χ1) is 10.3. The van der Waals surface area contributed by atoms with Crippen LogP contribution in [-0.2, 0) is 6.18 Å². The van der Waals surface area contributed by atoms with Crippen LogP contribution in [0, 0.1) is 0 Å². The quantitative estimate of drug-likeness (QED) is 0.616. The van der Waals surface area contributed by atoms with Gasteiger partial charge >= 0.3 is 12.2 Å². The van der Waals surface area contributed by atoms with Crippen molar-refractivity contribution in [3.63, 3.8) is 0 Å². The Labute approximate surface area is 130 Å². The topological polar surface area (TPSA) is 32.8 Å². The fourth-order valence-corrected chi connectivity index (χ4v) is 2.02. The zero-order chi connectivity index (χ0) is 16.3. The van der Waals surface area contributed by atoms with Crippen molar-refractivity contribution in [2.24, 2.45) is 0 Å². The molecular formula is C14H14ClF3N2O2. The Hall–Kier alpha value is -1.89. The van der Waals surface area contributed by atoms with E-state index in [4.69, 9.17) is 16.4 Å². The minimum atomic E-state index is -4.49. The Balaban J connectivity index is 2.15. The summed E-state index contributed by atoms with van der Waals surface area (Å²) in [6.07, 6.45) is -2.12. The highest BCUT2D eigenvalue weighted by Crippen LogP contribution is 2.35. The summed E-state index contributed by atoms with van der Waals surface area (Å²) in [7, 11) is 0. The van der Waals surface area contributed by atoms with Crippen LogP contribution in [0.4, 0.5) is 18.0 Å². The smallest absolute Gasteiger partial charge is 0.373 e. The summed E-state index contributed by atoms with van der Waals surface area (Å²) in [4.78, 5) is 19.0. The number of carbonyl (C=O) groups is 1. The van der Waals surface area contributed by atoms with Crippen LogP contribution >= 0.6 is 11.6 Å². The van der Waals surface area contributed by atoms with Crippen LogP contribution in [0.2, 0.25) is 5.02 Å². The third-order valence-electron chi connectivity index (χ3n) is 3.10. The fraction of sp³-hybridized carbons (Fsp3) is 0.357. The molecule has 1 heterocycles. The summed E-state index contributed by atoms with van der Waals surface area (Å²) in [6, 6.07) is 2.32. The molecule has 1 aliphatic heterocycles. The Morgan fingerprint density at radius 2 is 2.14 bits per heavy atom. The average molecular weight is 335 g/mol. The zero-order valence-corrected chi connectivity index (χ0v) is 12.3. The van der Waals surface area contributed by atoms with Gasteiger partial charge in [0.25, 0.3) is 0 Å². The number of likely N-dealkylation sites (tertiary alicyclic amines) is 1. The highest BCUT2D eigenvalue weighted by Gasteiger charge is 2.32. The van der Waals surface area contributed by atoms with Crippen molar-refractivity contribution in [3.8, 4) is 5.75 Å². The van der Waals surface area contributed by atoms with Crippen LogP contribution < -0.4 is 4.84 Å². The molecule has 0 unspecified atom stereocenters. The number of hydrogen-bond donors (Lipinski definition) is 0. The number of amides is 2. The maximum Gasteiger partial charge on any atom is 0.416 e.